The van der Waals surface area contributed by atoms with Crippen LogP contribution < -0.4 is 0 Å². The third kappa shape index (κ3) is 9.42. The topological polar surface area (TPSA) is 132 Å². The van der Waals surface area contributed by atoms with Crippen molar-refractivity contribution in [3.8, 4) is 22.8 Å². The molecule has 0 aliphatic heterocycles. The van der Waals surface area contributed by atoms with Gasteiger partial charge in [-0.2, -0.15) is 0 Å². The fraction of sp³-hybridized carbons (Fsp3) is 0.212. The van der Waals surface area contributed by atoms with Crippen LogP contribution in [0.5, 0.6) is 0 Å². The number of nitrogens with zero attached hydrogens (tertiary/aromatic N) is 4. The van der Waals surface area contributed by atoms with Crippen molar-refractivity contribution in [2.45, 2.75) is 47.0 Å². The average Bonchev–Trinajstić information content (AvgIpc) is 3.66. The van der Waals surface area contributed by atoms with Crippen molar-refractivity contribution in [3.63, 3.8) is 0 Å². The summed E-state index contributed by atoms with van der Waals surface area (Å²) in [6.07, 6.45) is 0.642. The van der Waals surface area contributed by atoms with Gasteiger partial charge in [-0.1, -0.05) is 35.1 Å². The van der Waals surface area contributed by atoms with Crippen LogP contribution in [0.4, 0.5) is 8.78 Å². The minimum absolute atomic E-state index is 0. The van der Waals surface area contributed by atoms with E-state index in [1.165, 1.54) is 30.3 Å². The molecule has 6 aromatic rings. The number of carboxylic acid groups (broad SMARTS) is 1. The van der Waals surface area contributed by atoms with Crippen LogP contribution in [0.1, 0.15) is 79.5 Å². The van der Waals surface area contributed by atoms with Crippen molar-refractivity contribution >= 4 is 74.4 Å². The van der Waals surface area contributed by atoms with E-state index < -0.39 is 5.97 Å². The van der Waals surface area contributed by atoms with Crippen LogP contribution in [0.25, 0.3) is 45.0 Å². The Balaban J connectivity index is 0.000000232. The number of halogens is 4. The normalized spacial score (nSPS) is 10.6. The van der Waals surface area contributed by atoms with E-state index >= 15 is 0 Å². The Bertz CT molecular complexity index is 1980. The quantitative estimate of drug-likeness (QED) is 0.128. The Morgan fingerprint density at radius 1 is 0.766 bits per heavy atom. The van der Waals surface area contributed by atoms with E-state index in [9.17, 15) is 18.4 Å². The number of aldehydes is 1. The molecule has 0 aliphatic rings. The van der Waals surface area contributed by atoms with Crippen molar-refractivity contribution < 1.29 is 41.8 Å². The van der Waals surface area contributed by atoms with E-state index in [1.807, 2.05) is 27.7 Å². The number of carbonyl (C=O) groups excluding carboxylic acids is 1. The molecule has 0 spiro atoms. The first-order chi connectivity index (χ1) is 21.9. The van der Waals surface area contributed by atoms with E-state index in [-0.39, 0.29) is 42.4 Å². The molecule has 0 unspecified atom stereocenters. The second kappa shape index (κ2) is 17.2. The fourth-order valence-corrected chi connectivity index (χ4v) is 4.32. The van der Waals surface area contributed by atoms with E-state index in [4.69, 9.17) is 13.9 Å². The summed E-state index contributed by atoms with van der Waals surface area (Å²) in [5.74, 6) is -0.729. The standard InChI is InChI=1S/C16H13FN2O3.C16H13FN2O2.CH4.2HI.V/c1-8(2)13-14-11(7-12(22-14)16(20)21)18-15(19-13)9-3-5-10(17)6-4-9;1-9(2)14-15-13(7-12(8-20)21-15)18-16(19-14)10-3-5-11(17)6-4-10;;;;/h3-8H,1-2H3,(H,20,21);3-9H,1-2H3;1H4;2*1H;/q;;;;;+2/p-2. The number of furan rings is 2. The van der Waals surface area contributed by atoms with E-state index in [0.29, 0.717) is 66.4 Å². The molecule has 0 radical (unpaired) electrons. The number of aromatic nitrogens is 4. The van der Waals surface area contributed by atoms with Crippen LogP contribution in [0.2, 0.25) is 0 Å². The number of carbonyl (C=O) groups is 2. The molecule has 1 N–H and O–H groups in total. The van der Waals surface area contributed by atoms with Crippen molar-refractivity contribution in [2.75, 3.05) is 0 Å². The zero-order chi connectivity index (χ0) is 33.5. The number of hydrogen-bond donors (Lipinski definition) is 1. The maximum atomic E-state index is 13.0. The third-order valence-corrected chi connectivity index (χ3v) is 6.44. The summed E-state index contributed by atoms with van der Waals surface area (Å²) in [5.41, 5.74) is 4.63. The van der Waals surface area contributed by atoms with Gasteiger partial charge in [0.05, 0.1) is 11.4 Å². The first-order valence-electron chi connectivity index (χ1n) is 13.7. The van der Waals surface area contributed by atoms with Crippen molar-refractivity contribution in [2.24, 2.45) is 0 Å². The summed E-state index contributed by atoms with van der Waals surface area (Å²) >= 11 is 4.74. The number of carboxylic acids is 1. The van der Waals surface area contributed by atoms with Crippen LogP contribution >= 0.6 is 40.0 Å². The maximum absolute atomic E-state index is 13.0. The predicted molar refractivity (Wildman–Crippen MR) is 190 cm³/mol. The first-order valence-corrected chi connectivity index (χ1v) is 22.7. The summed E-state index contributed by atoms with van der Waals surface area (Å²) < 4.78 is 36.9. The van der Waals surface area contributed by atoms with Gasteiger partial charge in [0.15, 0.2) is 34.9 Å². The van der Waals surface area contributed by atoms with Crippen LogP contribution in [-0.4, -0.2) is 37.3 Å². The summed E-state index contributed by atoms with van der Waals surface area (Å²) in [5, 5.41) is 9.05. The molecule has 9 nitrogen and oxygen atoms in total. The van der Waals surface area contributed by atoms with Crippen molar-refractivity contribution in [3.05, 3.63) is 95.2 Å². The molecular weight excluding hydrogens is 875 g/mol. The van der Waals surface area contributed by atoms with Gasteiger partial charge in [-0.15, -0.1) is 0 Å². The zero-order valence-corrected chi connectivity index (χ0v) is 30.5. The SMILES string of the molecule is C.CC(C)c1nc(-c2ccc(F)cc2)nc2cc(C(=O)O)oc12.CC(C)c1nc(-c2ccc(F)cc2)nc2cc(C=O)oc12.[I][V][I]. The Morgan fingerprint density at radius 2 is 1.17 bits per heavy atom. The number of hydrogen-bond acceptors (Lipinski definition) is 8. The molecule has 0 atom stereocenters. The van der Waals surface area contributed by atoms with Gasteiger partial charge in [0.2, 0.25) is 5.76 Å². The Labute approximate surface area is 298 Å². The predicted octanol–water partition coefficient (Wildman–Crippen LogP) is 10.2. The van der Waals surface area contributed by atoms with Gasteiger partial charge in [0, 0.05) is 23.3 Å². The monoisotopic (exact) mass is 905 g/mol. The molecule has 0 saturated heterocycles. The number of rotatable bonds is 6. The molecule has 0 amide bonds. The Morgan fingerprint density at radius 3 is 1.55 bits per heavy atom. The molecule has 2 aromatic carbocycles. The van der Waals surface area contributed by atoms with Gasteiger partial charge in [-0.05, 0) is 60.4 Å². The number of fused-ring (bicyclic) bond motifs is 2. The molecule has 0 bridgehead atoms. The minimum atomic E-state index is -1.16. The van der Waals surface area contributed by atoms with Crippen LogP contribution in [0.15, 0.2) is 69.5 Å². The van der Waals surface area contributed by atoms with E-state index in [1.54, 1.807) is 30.3 Å². The molecule has 0 aliphatic carbocycles. The van der Waals surface area contributed by atoms with Gasteiger partial charge in [-0.3, -0.25) is 4.79 Å². The Hall–Kier alpha value is -3.28. The first kappa shape index (κ1) is 38.2. The molecule has 4 heterocycles. The summed E-state index contributed by atoms with van der Waals surface area (Å²) in [7, 11) is 0.628. The van der Waals surface area contributed by atoms with Crippen LogP contribution in [0, 0.1) is 11.6 Å². The third-order valence-electron chi connectivity index (χ3n) is 6.44. The van der Waals surface area contributed by atoms with Crippen molar-refractivity contribution in [1.29, 1.82) is 0 Å². The molecule has 0 fully saturated rings. The van der Waals surface area contributed by atoms with Gasteiger partial charge >= 0.3 is 55.4 Å². The second-order valence-electron chi connectivity index (χ2n) is 10.4. The van der Waals surface area contributed by atoms with Gasteiger partial charge in [0.25, 0.3) is 0 Å². The average molecular weight is 905 g/mol. The zero-order valence-electron chi connectivity index (χ0n) is 24.8. The summed E-state index contributed by atoms with van der Waals surface area (Å²) in [6.45, 7) is 7.83. The molecular formula is C33H30F2I2N4O5V. The molecule has 14 heteroatoms. The van der Waals surface area contributed by atoms with Crippen LogP contribution in [-0.2, 0) is 9.47 Å². The fourth-order valence-electron chi connectivity index (χ4n) is 4.32. The van der Waals surface area contributed by atoms with E-state index in [0.717, 1.165) is 5.69 Å². The molecule has 47 heavy (non-hydrogen) atoms. The number of aromatic carboxylic acids is 1. The second-order valence-corrected chi connectivity index (χ2v) is 22.2. The molecule has 245 valence electrons. The molecule has 0 saturated carbocycles. The van der Waals surface area contributed by atoms with Crippen LogP contribution in [0.3, 0.4) is 0 Å². The van der Waals surface area contributed by atoms with Gasteiger partial charge in [-0.25, -0.2) is 33.5 Å². The summed E-state index contributed by atoms with van der Waals surface area (Å²) in [6, 6.07) is 14.8. The van der Waals surface area contributed by atoms with E-state index in [2.05, 4.69) is 59.9 Å². The molecule has 4 aromatic heterocycles. The summed E-state index contributed by atoms with van der Waals surface area (Å²) in [4.78, 5) is 39.6. The van der Waals surface area contributed by atoms with Gasteiger partial charge in [0.1, 0.15) is 22.7 Å². The van der Waals surface area contributed by atoms with Crippen molar-refractivity contribution in [1.82, 2.24) is 19.9 Å². The number of benzene rings is 2. The molecule has 6 rings (SSSR count). The Kier molecular flexibility index (Phi) is 14.0. The van der Waals surface area contributed by atoms with Gasteiger partial charge < -0.3 is 13.9 Å².